The molecule has 2 rings (SSSR count). The minimum atomic E-state index is -4.21. The molecule has 2 aromatic carbocycles. The minimum Gasteiger partial charge on any atom is -0.465 e. The van der Waals surface area contributed by atoms with Crippen LogP contribution in [0.2, 0.25) is 0 Å². The first-order chi connectivity index (χ1) is 11.6. The molecular weight excluding hydrogens is 413 g/mol. The highest BCUT2D eigenvalue weighted by Gasteiger charge is 2.28. The average Bonchev–Trinajstić information content (AvgIpc) is 2.55. The molecule has 0 atom stereocenters. The summed E-state index contributed by atoms with van der Waals surface area (Å²) in [6.07, 6.45) is 0. The third-order valence-electron chi connectivity index (χ3n) is 3.98. The molecule has 0 aliphatic rings. The van der Waals surface area contributed by atoms with E-state index < -0.39 is 26.7 Å². The van der Waals surface area contributed by atoms with Gasteiger partial charge in [-0.15, -0.1) is 0 Å². The standard InChI is InChI=1S/C17H17BrFNO4S/c1-10-6-5-7-15(11(10)2)20(3)25(22,23)16-8-12(17(21)24-4)13(18)9-14(16)19/h5-9H,1-4H3. The summed E-state index contributed by atoms with van der Waals surface area (Å²) in [6.45, 7) is 3.64. The molecule has 0 aromatic heterocycles. The Morgan fingerprint density at radius 3 is 2.48 bits per heavy atom. The Bertz CT molecular complexity index is 944. The summed E-state index contributed by atoms with van der Waals surface area (Å²) in [7, 11) is -1.71. The van der Waals surface area contributed by atoms with Gasteiger partial charge in [0, 0.05) is 11.5 Å². The number of aryl methyl sites for hydroxylation is 1. The Hall–Kier alpha value is -1.93. The van der Waals surface area contributed by atoms with Crippen molar-refractivity contribution in [2.45, 2.75) is 18.7 Å². The zero-order valence-corrected chi connectivity index (χ0v) is 16.5. The molecule has 0 N–H and O–H groups in total. The van der Waals surface area contributed by atoms with Gasteiger partial charge in [-0.25, -0.2) is 17.6 Å². The van der Waals surface area contributed by atoms with Crippen LogP contribution in [-0.2, 0) is 14.8 Å². The molecule has 2 aromatic rings. The maximum absolute atomic E-state index is 14.4. The van der Waals surface area contributed by atoms with E-state index in [0.717, 1.165) is 34.7 Å². The Morgan fingerprint density at radius 1 is 1.24 bits per heavy atom. The molecule has 134 valence electrons. The molecule has 0 unspecified atom stereocenters. The monoisotopic (exact) mass is 429 g/mol. The summed E-state index contributed by atoms with van der Waals surface area (Å²) in [4.78, 5) is 11.2. The van der Waals surface area contributed by atoms with Crippen LogP contribution in [0.4, 0.5) is 10.1 Å². The highest BCUT2D eigenvalue weighted by molar-refractivity contribution is 9.10. The van der Waals surface area contributed by atoms with Crippen molar-refractivity contribution >= 4 is 37.6 Å². The van der Waals surface area contributed by atoms with Gasteiger partial charge in [-0.3, -0.25) is 4.31 Å². The normalized spacial score (nSPS) is 11.3. The van der Waals surface area contributed by atoms with Crippen molar-refractivity contribution in [2.24, 2.45) is 0 Å². The van der Waals surface area contributed by atoms with Gasteiger partial charge in [0.2, 0.25) is 0 Å². The van der Waals surface area contributed by atoms with E-state index in [9.17, 15) is 17.6 Å². The molecule has 0 heterocycles. The maximum Gasteiger partial charge on any atom is 0.339 e. The molecule has 0 aliphatic carbocycles. The number of sulfonamides is 1. The lowest BCUT2D eigenvalue weighted by atomic mass is 10.1. The van der Waals surface area contributed by atoms with Gasteiger partial charge in [0.1, 0.15) is 10.7 Å². The van der Waals surface area contributed by atoms with E-state index in [4.69, 9.17) is 0 Å². The van der Waals surface area contributed by atoms with Crippen molar-refractivity contribution in [1.82, 2.24) is 0 Å². The van der Waals surface area contributed by atoms with Crippen LogP contribution in [0.25, 0.3) is 0 Å². The summed E-state index contributed by atoms with van der Waals surface area (Å²) < 4.78 is 45.9. The first-order valence-electron chi connectivity index (χ1n) is 7.23. The molecule has 0 amide bonds. The van der Waals surface area contributed by atoms with Gasteiger partial charge < -0.3 is 4.74 Å². The number of benzene rings is 2. The van der Waals surface area contributed by atoms with Crippen LogP contribution in [0.5, 0.6) is 0 Å². The molecule has 0 fully saturated rings. The smallest absolute Gasteiger partial charge is 0.339 e. The van der Waals surface area contributed by atoms with Gasteiger partial charge in [-0.2, -0.15) is 0 Å². The number of methoxy groups -OCH3 is 1. The molecule has 0 saturated carbocycles. The molecule has 8 heteroatoms. The average molecular weight is 430 g/mol. The molecule has 5 nitrogen and oxygen atoms in total. The van der Waals surface area contributed by atoms with E-state index in [1.807, 2.05) is 13.0 Å². The summed E-state index contributed by atoms with van der Waals surface area (Å²) in [5.41, 5.74) is 2.03. The van der Waals surface area contributed by atoms with Crippen LogP contribution in [0.3, 0.4) is 0 Å². The van der Waals surface area contributed by atoms with Crippen LogP contribution in [-0.4, -0.2) is 28.5 Å². The third-order valence-corrected chi connectivity index (χ3v) is 6.42. The topological polar surface area (TPSA) is 63.7 Å². The molecular formula is C17H17BrFNO4S. The van der Waals surface area contributed by atoms with Crippen LogP contribution < -0.4 is 4.31 Å². The second-order valence-corrected chi connectivity index (χ2v) is 8.24. The Balaban J connectivity index is 2.63. The number of nitrogens with zero attached hydrogens (tertiary/aromatic N) is 1. The first kappa shape index (κ1) is 19.4. The zero-order chi connectivity index (χ0) is 18.9. The van der Waals surface area contributed by atoms with Gasteiger partial charge in [0.15, 0.2) is 0 Å². The third kappa shape index (κ3) is 3.55. The van der Waals surface area contributed by atoms with Crippen LogP contribution in [0, 0.1) is 19.7 Å². The summed E-state index contributed by atoms with van der Waals surface area (Å²) in [5.74, 6) is -1.73. The number of anilines is 1. The van der Waals surface area contributed by atoms with E-state index in [-0.39, 0.29) is 10.0 Å². The SMILES string of the molecule is COC(=O)c1cc(S(=O)(=O)N(C)c2cccc(C)c2C)c(F)cc1Br. The number of ether oxygens (including phenoxy) is 1. The Labute approximate surface area is 154 Å². The number of hydrogen-bond donors (Lipinski definition) is 0. The minimum absolute atomic E-state index is 0.0724. The van der Waals surface area contributed by atoms with Gasteiger partial charge >= 0.3 is 5.97 Å². The first-order valence-corrected chi connectivity index (χ1v) is 9.47. The van der Waals surface area contributed by atoms with E-state index in [0.29, 0.717) is 5.69 Å². The maximum atomic E-state index is 14.4. The highest BCUT2D eigenvalue weighted by atomic mass is 79.9. The number of hydrogen-bond acceptors (Lipinski definition) is 4. The van der Waals surface area contributed by atoms with Crippen molar-refractivity contribution in [3.8, 4) is 0 Å². The molecule has 0 bridgehead atoms. The summed E-state index contributed by atoms with van der Waals surface area (Å²) in [6, 6.07) is 7.13. The summed E-state index contributed by atoms with van der Waals surface area (Å²) in [5, 5.41) is 0. The van der Waals surface area contributed by atoms with Gasteiger partial charge in [-0.05, 0) is 59.1 Å². The van der Waals surface area contributed by atoms with E-state index in [1.54, 1.807) is 19.1 Å². The fourth-order valence-corrected chi connectivity index (χ4v) is 4.15. The molecule has 25 heavy (non-hydrogen) atoms. The fraction of sp³-hybridized carbons (Fsp3) is 0.235. The predicted octanol–water partition coefficient (Wildman–Crippen LogP) is 3.82. The van der Waals surface area contributed by atoms with Crippen molar-refractivity contribution in [3.63, 3.8) is 0 Å². The van der Waals surface area contributed by atoms with E-state index in [2.05, 4.69) is 20.7 Å². The Morgan fingerprint density at radius 2 is 1.88 bits per heavy atom. The molecule has 0 spiro atoms. The van der Waals surface area contributed by atoms with Crippen LogP contribution >= 0.6 is 15.9 Å². The lowest BCUT2D eigenvalue weighted by molar-refractivity contribution is 0.0599. The molecule has 0 radical (unpaired) electrons. The number of halogens is 2. The largest absolute Gasteiger partial charge is 0.465 e. The fourth-order valence-electron chi connectivity index (χ4n) is 2.35. The number of esters is 1. The van der Waals surface area contributed by atoms with E-state index >= 15 is 0 Å². The number of rotatable bonds is 4. The summed E-state index contributed by atoms with van der Waals surface area (Å²) >= 11 is 3.04. The lowest BCUT2D eigenvalue weighted by Crippen LogP contribution is -2.28. The zero-order valence-electron chi connectivity index (χ0n) is 14.1. The van der Waals surface area contributed by atoms with Crippen LogP contribution in [0.15, 0.2) is 39.7 Å². The molecule has 0 aliphatic heterocycles. The van der Waals surface area contributed by atoms with Crippen LogP contribution in [0.1, 0.15) is 21.5 Å². The second kappa shape index (κ2) is 7.13. The lowest BCUT2D eigenvalue weighted by Gasteiger charge is -2.23. The van der Waals surface area contributed by atoms with Gasteiger partial charge in [0.05, 0.1) is 18.4 Å². The Kier molecular flexibility index (Phi) is 5.53. The van der Waals surface area contributed by atoms with E-state index in [1.165, 1.54) is 7.05 Å². The quantitative estimate of drug-likeness (QED) is 0.692. The van der Waals surface area contributed by atoms with Crippen molar-refractivity contribution in [1.29, 1.82) is 0 Å². The number of carbonyl (C=O) groups excluding carboxylic acids is 1. The van der Waals surface area contributed by atoms with Crippen molar-refractivity contribution in [3.05, 3.63) is 57.3 Å². The van der Waals surface area contributed by atoms with Crippen molar-refractivity contribution < 1.29 is 22.3 Å². The predicted molar refractivity (Wildman–Crippen MR) is 96.9 cm³/mol. The molecule has 0 saturated heterocycles. The number of carbonyl (C=O) groups is 1. The van der Waals surface area contributed by atoms with Gasteiger partial charge in [0.25, 0.3) is 10.0 Å². The highest BCUT2D eigenvalue weighted by Crippen LogP contribution is 2.31. The van der Waals surface area contributed by atoms with Crippen molar-refractivity contribution in [2.75, 3.05) is 18.5 Å². The second-order valence-electron chi connectivity index (χ2n) is 5.45. The van der Waals surface area contributed by atoms with Gasteiger partial charge in [-0.1, -0.05) is 12.1 Å².